The maximum Gasteiger partial charge on any atom is 0.406 e. The maximum atomic E-state index is 13.3. The van der Waals surface area contributed by atoms with Crippen molar-refractivity contribution in [2.75, 3.05) is 12.9 Å². The highest BCUT2D eigenvalue weighted by Gasteiger charge is 2.34. The molecule has 0 aliphatic heterocycles. The molecule has 1 aliphatic rings. The van der Waals surface area contributed by atoms with Crippen molar-refractivity contribution in [3.8, 4) is 17.0 Å². The average molecular weight is 476 g/mol. The standard InChI is InChI=1S/C24H24F3N3O2S/c1-32-19-11-9-18(10-12-19)22(17-7-8-17)29-21(31)14-33-23-28-13-20(16-5-3-2-4-6-16)30(23)15-24(25,26)27/h2-6,9-13,17,22H,7-8,14-15H2,1H3,(H,29,31). The molecule has 33 heavy (non-hydrogen) atoms. The van der Waals surface area contributed by atoms with Gasteiger partial charge in [-0.25, -0.2) is 4.98 Å². The normalized spacial score (nSPS) is 14.7. The Morgan fingerprint density at radius 2 is 1.88 bits per heavy atom. The number of nitrogens with one attached hydrogen (secondary N) is 1. The lowest BCUT2D eigenvalue weighted by Crippen LogP contribution is -2.31. The van der Waals surface area contributed by atoms with Crippen molar-refractivity contribution in [3.63, 3.8) is 0 Å². The monoisotopic (exact) mass is 475 g/mol. The zero-order chi connectivity index (χ0) is 23.4. The van der Waals surface area contributed by atoms with E-state index in [0.717, 1.165) is 40.5 Å². The van der Waals surface area contributed by atoms with Crippen LogP contribution in [-0.2, 0) is 11.3 Å². The van der Waals surface area contributed by atoms with Gasteiger partial charge in [-0.05, 0) is 42.0 Å². The molecule has 0 saturated heterocycles. The predicted molar refractivity (Wildman–Crippen MR) is 121 cm³/mol. The largest absolute Gasteiger partial charge is 0.497 e. The molecule has 1 atom stereocenters. The number of rotatable bonds is 9. The number of carbonyl (C=O) groups is 1. The van der Waals surface area contributed by atoms with Crippen LogP contribution in [-0.4, -0.2) is 34.5 Å². The molecule has 2 aromatic carbocycles. The molecular formula is C24H24F3N3O2S. The minimum atomic E-state index is -4.41. The van der Waals surface area contributed by atoms with E-state index in [9.17, 15) is 18.0 Å². The Hall–Kier alpha value is -2.94. The van der Waals surface area contributed by atoms with Gasteiger partial charge in [0.1, 0.15) is 12.3 Å². The lowest BCUT2D eigenvalue weighted by atomic mass is 10.0. The number of hydrogen-bond acceptors (Lipinski definition) is 4. The van der Waals surface area contributed by atoms with Crippen LogP contribution < -0.4 is 10.1 Å². The lowest BCUT2D eigenvalue weighted by Gasteiger charge is -2.19. The Bertz CT molecular complexity index is 1080. The molecule has 1 aromatic heterocycles. The average Bonchev–Trinajstić information content (AvgIpc) is 3.57. The van der Waals surface area contributed by atoms with Crippen molar-refractivity contribution in [3.05, 3.63) is 66.4 Å². The van der Waals surface area contributed by atoms with Gasteiger partial charge < -0.3 is 14.6 Å². The SMILES string of the molecule is COc1ccc(C(NC(=O)CSc2ncc(-c3ccccc3)n2CC(F)(F)F)C2CC2)cc1. The summed E-state index contributed by atoms with van der Waals surface area (Å²) < 4.78 is 46.1. The van der Waals surface area contributed by atoms with Crippen molar-refractivity contribution < 1.29 is 22.7 Å². The first-order valence-electron chi connectivity index (χ1n) is 10.6. The van der Waals surface area contributed by atoms with Gasteiger partial charge in [-0.3, -0.25) is 4.79 Å². The van der Waals surface area contributed by atoms with E-state index in [2.05, 4.69) is 10.3 Å². The summed E-state index contributed by atoms with van der Waals surface area (Å²) in [6, 6.07) is 16.2. The molecule has 1 amide bonds. The first-order chi connectivity index (χ1) is 15.8. The topological polar surface area (TPSA) is 56.1 Å². The van der Waals surface area contributed by atoms with Gasteiger partial charge in [0.15, 0.2) is 5.16 Å². The van der Waals surface area contributed by atoms with Crippen molar-refractivity contribution in [1.29, 1.82) is 0 Å². The molecule has 1 heterocycles. The Balaban J connectivity index is 1.46. The van der Waals surface area contributed by atoms with Gasteiger partial charge in [-0.1, -0.05) is 54.2 Å². The summed E-state index contributed by atoms with van der Waals surface area (Å²) in [6.07, 6.45) is -0.931. The summed E-state index contributed by atoms with van der Waals surface area (Å²) in [5, 5.41) is 3.21. The minimum absolute atomic E-state index is 0.0253. The van der Waals surface area contributed by atoms with E-state index in [4.69, 9.17) is 4.74 Å². The number of carbonyl (C=O) groups excluding carboxylic acids is 1. The number of methoxy groups -OCH3 is 1. The van der Waals surface area contributed by atoms with Crippen molar-refractivity contribution >= 4 is 17.7 Å². The number of amides is 1. The molecule has 5 nitrogen and oxygen atoms in total. The Labute approximate surface area is 194 Å². The molecule has 1 fully saturated rings. The van der Waals surface area contributed by atoms with Crippen LogP contribution in [0.3, 0.4) is 0 Å². The smallest absolute Gasteiger partial charge is 0.406 e. The lowest BCUT2D eigenvalue weighted by molar-refractivity contribution is -0.141. The molecule has 0 radical (unpaired) electrons. The van der Waals surface area contributed by atoms with Crippen LogP contribution >= 0.6 is 11.8 Å². The van der Waals surface area contributed by atoms with Crippen LogP contribution in [0.2, 0.25) is 0 Å². The zero-order valence-electron chi connectivity index (χ0n) is 18.0. The summed E-state index contributed by atoms with van der Waals surface area (Å²) in [5.74, 6) is 0.836. The third kappa shape index (κ3) is 6.10. The zero-order valence-corrected chi connectivity index (χ0v) is 18.8. The Kier molecular flexibility index (Phi) is 6.97. The summed E-state index contributed by atoms with van der Waals surface area (Å²) in [4.78, 5) is 16.9. The highest BCUT2D eigenvalue weighted by Crippen LogP contribution is 2.41. The number of nitrogens with zero attached hydrogens (tertiary/aromatic N) is 2. The molecule has 1 unspecified atom stereocenters. The molecule has 3 aromatic rings. The summed E-state index contributed by atoms with van der Waals surface area (Å²) in [6.45, 7) is -1.17. The third-order valence-electron chi connectivity index (χ3n) is 5.44. The number of alkyl halides is 3. The van der Waals surface area contributed by atoms with E-state index < -0.39 is 12.7 Å². The van der Waals surface area contributed by atoms with Crippen LogP contribution in [0.5, 0.6) is 5.75 Å². The van der Waals surface area contributed by atoms with Crippen LogP contribution in [0.15, 0.2) is 66.0 Å². The molecule has 0 bridgehead atoms. The van der Waals surface area contributed by atoms with Crippen LogP contribution in [0.4, 0.5) is 13.2 Å². The molecular weight excluding hydrogens is 451 g/mol. The number of imidazole rings is 1. The number of aromatic nitrogens is 2. The molecule has 4 rings (SSSR count). The van der Waals surface area contributed by atoms with Gasteiger partial charge >= 0.3 is 6.18 Å². The Morgan fingerprint density at radius 1 is 1.18 bits per heavy atom. The van der Waals surface area contributed by atoms with Crippen molar-refractivity contribution in [2.45, 2.75) is 36.8 Å². The number of thioether (sulfide) groups is 1. The van der Waals surface area contributed by atoms with Gasteiger partial charge in [-0.2, -0.15) is 13.2 Å². The fourth-order valence-electron chi connectivity index (χ4n) is 3.70. The quantitative estimate of drug-likeness (QED) is 0.417. The fraction of sp³-hybridized carbons (Fsp3) is 0.333. The van der Waals surface area contributed by atoms with E-state index in [1.807, 2.05) is 24.3 Å². The van der Waals surface area contributed by atoms with Gasteiger partial charge in [-0.15, -0.1) is 0 Å². The number of ether oxygens (including phenoxy) is 1. The van der Waals surface area contributed by atoms with Crippen LogP contribution in [0.1, 0.15) is 24.4 Å². The second-order valence-electron chi connectivity index (χ2n) is 7.94. The maximum absolute atomic E-state index is 13.3. The van der Waals surface area contributed by atoms with Crippen LogP contribution in [0.25, 0.3) is 11.3 Å². The Morgan fingerprint density at radius 3 is 2.48 bits per heavy atom. The molecule has 174 valence electrons. The van der Waals surface area contributed by atoms with Gasteiger partial charge in [0.25, 0.3) is 0 Å². The second kappa shape index (κ2) is 9.91. The number of hydrogen-bond donors (Lipinski definition) is 1. The highest BCUT2D eigenvalue weighted by molar-refractivity contribution is 7.99. The minimum Gasteiger partial charge on any atom is -0.497 e. The number of halogens is 3. The summed E-state index contributed by atoms with van der Waals surface area (Å²) >= 11 is 1.01. The van der Waals surface area contributed by atoms with E-state index in [0.29, 0.717) is 17.2 Å². The van der Waals surface area contributed by atoms with Gasteiger partial charge in [0, 0.05) is 0 Å². The molecule has 0 spiro atoms. The highest BCUT2D eigenvalue weighted by atomic mass is 32.2. The van der Waals surface area contributed by atoms with E-state index in [1.165, 1.54) is 6.20 Å². The van der Waals surface area contributed by atoms with E-state index in [-0.39, 0.29) is 22.9 Å². The summed E-state index contributed by atoms with van der Waals surface area (Å²) in [5.41, 5.74) is 1.99. The molecule has 9 heteroatoms. The fourth-order valence-corrected chi connectivity index (χ4v) is 4.49. The summed E-state index contributed by atoms with van der Waals surface area (Å²) in [7, 11) is 1.60. The molecule has 1 N–H and O–H groups in total. The third-order valence-corrected chi connectivity index (χ3v) is 6.43. The number of benzene rings is 2. The van der Waals surface area contributed by atoms with Gasteiger partial charge in [0.05, 0.1) is 30.8 Å². The van der Waals surface area contributed by atoms with Crippen LogP contribution in [0, 0.1) is 5.92 Å². The first kappa shape index (κ1) is 23.2. The molecule has 1 aliphatic carbocycles. The van der Waals surface area contributed by atoms with Crippen molar-refractivity contribution in [1.82, 2.24) is 14.9 Å². The van der Waals surface area contributed by atoms with E-state index in [1.54, 1.807) is 37.4 Å². The van der Waals surface area contributed by atoms with Gasteiger partial charge in [0.2, 0.25) is 5.91 Å². The molecule has 1 saturated carbocycles. The second-order valence-corrected chi connectivity index (χ2v) is 8.88. The first-order valence-corrected chi connectivity index (χ1v) is 11.6. The van der Waals surface area contributed by atoms with E-state index >= 15 is 0 Å². The van der Waals surface area contributed by atoms with Crippen molar-refractivity contribution in [2.24, 2.45) is 5.92 Å². The predicted octanol–water partition coefficient (Wildman–Crippen LogP) is 5.48.